The molecule has 1 amide bonds. The number of hydrogen-bond donors (Lipinski definition) is 2. The number of halogens is 1. The highest BCUT2D eigenvalue weighted by molar-refractivity contribution is 7.89. The highest BCUT2D eigenvalue weighted by atomic mass is 35.5. The predicted molar refractivity (Wildman–Crippen MR) is 92.8 cm³/mol. The van der Waals surface area contributed by atoms with Crippen molar-refractivity contribution in [1.29, 1.82) is 0 Å². The van der Waals surface area contributed by atoms with Crippen molar-refractivity contribution >= 4 is 44.8 Å². The predicted octanol–water partition coefficient (Wildman–Crippen LogP) is 1.48. The minimum absolute atomic E-state index is 0. The van der Waals surface area contributed by atoms with Crippen LogP contribution in [-0.4, -0.2) is 34.5 Å². The van der Waals surface area contributed by atoms with Crippen LogP contribution in [0.1, 0.15) is 16.8 Å². The van der Waals surface area contributed by atoms with Gasteiger partial charge >= 0.3 is 0 Å². The van der Waals surface area contributed by atoms with E-state index in [-0.39, 0.29) is 23.2 Å². The second kappa shape index (κ2) is 6.45. The van der Waals surface area contributed by atoms with E-state index in [1.807, 2.05) is 0 Å². The molecule has 0 fully saturated rings. The monoisotopic (exact) mass is 355 g/mol. The van der Waals surface area contributed by atoms with Gasteiger partial charge in [-0.3, -0.25) is 4.79 Å². The van der Waals surface area contributed by atoms with Crippen LogP contribution >= 0.6 is 12.4 Å². The topological polar surface area (TPSA) is 92.5 Å². The molecule has 2 aromatic carbocycles. The Hall–Kier alpha value is -1.67. The first kappa shape index (κ1) is 17.7. The second-order valence-corrected chi connectivity index (χ2v) is 6.95. The van der Waals surface area contributed by atoms with Crippen molar-refractivity contribution < 1.29 is 13.2 Å². The summed E-state index contributed by atoms with van der Waals surface area (Å²) in [4.78, 5) is 13.9. The van der Waals surface area contributed by atoms with Gasteiger partial charge < -0.3 is 10.6 Å². The third-order valence-corrected chi connectivity index (χ3v) is 5.36. The van der Waals surface area contributed by atoms with Crippen LogP contribution in [0.4, 0.5) is 5.69 Å². The van der Waals surface area contributed by atoms with Crippen molar-refractivity contribution in [2.24, 2.45) is 5.73 Å². The van der Waals surface area contributed by atoms with E-state index in [2.05, 4.69) is 4.72 Å². The van der Waals surface area contributed by atoms with Gasteiger partial charge in [-0.05, 0) is 31.2 Å². The molecule has 1 aliphatic heterocycles. The zero-order chi connectivity index (χ0) is 15.9. The number of sulfonamides is 1. The van der Waals surface area contributed by atoms with Gasteiger partial charge in [0.05, 0.1) is 10.6 Å². The zero-order valence-electron chi connectivity index (χ0n) is 12.6. The molecule has 0 bridgehead atoms. The Kier molecular flexibility index (Phi) is 4.95. The molecule has 0 radical (unpaired) electrons. The maximum absolute atomic E-state index is 12.5. The Labute approximate surface area is 141 Å². The van der Waals surface area contributed by atoms with Crippen molar-refractivity contribution in [1.82, 2.24) is 4.72 Å². The molecular weight excluding hydrogens is 338 g/mol. The number of nitrogens with two attached hydrogens (primary N) is 1. The Morgan fingerprint density at radius 1 is 1.22 bits per heavy atom. The number of amides is 1. The quantitative estimate of drug-likeness (QED) is 0.794. The molecule has 6 nitrogen and oxygen atoms in total. The number of hydrogen-bond acceptors (Lipinski definition) is 4. The minimum Gasteiger partial charge on any atom is -0.330 e. The summed E-state index contributed by atoms with van der Waals surface area (Å²) < 4.78 is 27.5. The van der Waals surface area contributed by atoms with E-state index in [9.17, 15) is 13.2 Å². The Morgan fingerprint density at radius 2 is 1.96 bits per heavy atom. The van der Waals surface area contributed by atoms with Crippen LogP contribution in [0.5, 0.6) is 0 Å². The van der Waals surface area contributed by atoms with Gasteiger partial charge in [0, 0.05) is 29.9 Å². The number of nitrogens with zero attached hydrogens (tertiary/aromatic N) is 1. The van der Waals surface area contributed by atoms with Gasteiger partial charge in [-0.25, -0.2) is 13.1 Å². The van der Waals surface area contributed by atoms with Crippen molar-refractivity contribution in [3.8, 4) is 0 Å². The molecule has 2 aromatic rings. The molecule has 3 rings (SSSR count). The van der Waals surface area contributed by atoms with Gasteiger partial charge in [0.25, 0.3) is 5.91 Å². The lowest BCUT2D eigenvalue weighted by Gasteiger charge is -2.12. The van der Waals surface area contributed by atoms with Crippen molar-refractivity contribution in [3.63, 3.8) is 0 Å². The van der Waals surface area contributed by atoms with Gasteiger partial charge in [-0.15, -0.1) is 12.4 Å². The minimum atomic E-state index is -3.64. The van der Waals surface area contributed by atoms with Gasteiger partial charge in [-0.1, -0.05) is 12.1 Å². The maximum Gasteiger partial charge on any atom is 0.258 e. The third kappa shape index (κ3) is 2.81. The molecule has 0 aromatic heterocycles. The van der Waals surface area contributed by atoms with E-state index in [0.29, 0.717) is 35.8 Å². The molecule has 23 heavy (non-hydrogen) atoms. The van der Waals surface area contributed by atoms with Crippen LogP contribution in [0.2, 0.25) is 0 Å². The highest BCUT2D eigenvalue weighted by Crippen LogP contribution is 2.39. The molecule has 3 N–H and O–H groups in total. The number of carbonyl (C=O) groups is 1. The lowest BCUT2D eigenvalue weighted by atomic mass is 10.1. The number of carbonyl (C=O) groups excluding carboxylic acids is 1. The van der Waals surface area contributed by atoms with Gasteiger partial charge in [0.1, 0.15) is 0 Å². The largest absolute Gasteiger partial charge is 0.330 e. The van der Waals surface area contributed by atoms with Crippen molar-refractivity contribution in [3.05, 3.63) is 35.9 Å². The number of rotatable bonds is 5. The molecule has 8 heteroatoms. The summed E-state index contributed by atoms with van der Waals surface area (Å²) in [5.41, 5.74) is 6.66. The van der Waals surface area contributed by atoms with E-state index in [1.54, 1.807) is 37.4 Å². The molecule has 0 saturated carbocycles. The smallest absolute Gasteiger partial charge is 0.258 e. The Bertz CT molecular complexity index is 868. The number of nitrogens with one attached hydrogen (secondary N) is 1. The maximum atomic E-state index is 12.5. The fraction of sp³-hybridized carbons (Fsp3) is 0.267. The van der Waals surface area contributed by atoms with E-state index in [1.165, 1.54) is 4.90 Å². The molecule has 0 saturated heterocycles. The average molecular weight is 356 g/mol. The van der Waals surface area contributed by atoms with E-state index >= 15 is 0 Å². The Balaban J connectivity index is 0.00000192. The molecular formula is C15H18ClN3O3S. The molecule has 0 spiro atoms. The first-order valence-corrected chi connectivity index (χ1v) is 8.49. The summed E-state index contributed by atoms with van der Waals surface area (Å²) in [5, 5.41) is 1.25. The zero-order valence-corrected chi connectivity index (χ0v) is 14.2. The van der Waals surface area contributed by atoms with Crippen LogP contribution < -0.4 is 15.4 Å². The summed E-state index contributed by atoms with van der Waals surface area (Å²) >= 11 is 0. The fourth-order valence-corrected chi connectivity index (χ4v) is 4.01. The van der Waals surface area contributed by atoms with Crippen LogP contribution in [0.3, 0.4) is 0 Å². The standard InChI is InChI=1S/C15H17N3O3S.ClH/c1-18-12-6-7-13(22(20,21)17-9-3-8-16)10-4-2-5-11(14(10)12)15(18)19;/h2,4-7,17H,3,8-9,16H2,1H3;1H. The molecule has 124 valence electrons. The van der Waals surface area contributed by atoms with E-state index in [4.69, 9.17) is 5.73 Å². The van der Waals surface area contributed by atoms with Gasteiger partial charge in [0.2, 0.25) is 10.0 Å². The average Bonchev–Trinajstić information content (AvgIpc) is 2.75. The van der Waals surface area contributed by atoms with E-state index in [0.717, 1.165) is 5.69 Å². The lowest BCUT2D eigenvalue weighted by Crippen LogP contribution is -2.26. The fourth-order valence-electron chi connectivity index (χ4n) is 2.73. The van der Waals surface area contributed by atoms with Crippen molar-refractivity contribution in [2.75, 3.05) is 25.0 Å². The summed E-state index contributed by atoms with van der Waals surface area (Å²) in [6, 6.07) is 8.37. The van der Waals surface area contributed by atoms with Gasteiger partial charge in [-0.2, -0.15) is 0 Å². The normalized spacial score (nSPS) is 13.5. The summed E-state index contributed by atoms with van der Waals surface area (Å²) in [5.74, 6) is -0.119. The van der Waals surface area contributed by atoms with Crippen LogP contribution in [0, 0.1) is 0 Å². The summed E-state index contributed by atoms with van der Waals surface area (Å²) in [7, 11) is -1.95. The molecule has 0 atom stereocenters. The van der Waals surface area contributed by atoms with Crippen LogP contribution in [-0.2, 0) is 10.0 Å². The first-order chi connectivity index (χ1) is 10.5. The molecule has 0 aliphatic carbocycles. The number of benzene rings is 2. The highest BCUT2D eigenvalue weighted by Gasteiger charge is 2.29. The molecule has 1 heterocycles. The van der Waals surface area contributed by atoms with Gasteiger partial charge in [0.15, 0.2) is 0 Å². The van der Waals surface area contributed by atoms with Crippen molar-refractivity contribution in [2.45, 2.75) is 11.3 Å². The third-order valence-electron chi connectivity index (χ3n) is 3.84. The van der Waals surface area contributed by atoms with Crippen LogP contribution in [0.15, 0.2) is 35.2 Å². The molecule has 0 unspecified atom stereocenters. The Morgan fingerprint density at radius 3 is 2.65 bits per heavy atom. The first-order valence-electron chi connectivity index (χ1n) is 7.01. The van der Waals surface area contributed by atoms with E-state index < -0.39 is 10.0 Å². The van der Waals surface area contributed by atoms with Crippen LogP contribution in [0.25, 0.3) is 10.8 Å². The SMILES string of the molecule is CN1C(=O)c2cccc3c(S(=O)(=O)NCCCN)ccc1c23.Cl. The second-order valence-electron chi connectivity index (χ2n) is 5.22. The number of anilines is 1. The summed E-state index contributed by atoms with van der Waals surface area (Å²) in [6.45, 7) is 0.715. The lowest BCUT2D eigenvalue weighted by molar-refractivity contribution is 0.0999. The molecule has 1 aliphatic rings. The summed E-state index contributed by atoms with van der Waals surface area (Å²) in [6.07, 6.45) is 0.571.